The summed E-state index contributed by atoms with van der Waals surface area (Å²) in [6.45, 7) is 21.4. The van der Waals surface area contributed by atoms with Gasteiger partial charge in [-0.05, 0) is 61.5 Å². The highest BCUT2D eigenvalue weighted by molar-refractivity contribution is 7.09. The summed E-state index contributed by atoms with van der Waals surface area (Å²) in [4.78, 5) is 0. The molecular weight excluding hydrogens is 352 g/mol. The Morgan fingerprint density at radius 1 is 0.714 bits per heavy atom. The van der Waals surface area contributed by atoms with Crippen LogP contribution in [0.4, 0.5) is 0 Å². The smallest absolute Gasteiger partial charge is 0.0636 e. The molecule has 1 aliphatic rings. The van der Waals surface area contributed by atoms with Crippen LogP contribution in [-0.2, 0) is 0 Å². The van der Waals surface area contributed by atoms with Crippen LogP contribution in [0.1, 0.15) is 59.6 Å². The number of rotatable bonds is 3. The van der Waals surface area contributed by atoms with Gasteiger partial charge in [0.15, 0.2) is 0 Å². The van der Waals surface area contributed by atoms with Gasteiger partial charge >= 0.3 is 0 Å². The molecule has 2 aromatic carbocycles. The quantitative estimate of drug-likeness (QED) is 0.526. The topological polar surface area (TPSA) is 0 Å². The van der Waals surface area contributed by atoms with Gasteiger partial charge in [-0.2, -0.15) is 0 Å². The van der Waals surface area contributed by atoms with Crippen molar-refractivity contribution >= 4 is 18.4 Å². The summed E-state index contributed by atoms with van der Waals surface area (Å²) >= 11 is 0. The molecule has 2 aromatic rings. The minimum atomic E-state index is -2.25. The lowest BCUT2D eigenvalue weighted by molar-refractivity contribution is 0.721. The average Bonchev–Trinajstić information content (AvgIpc) is 2.79. The zero-order valence-electron chi connectivity index (χ0n) is 19.2. The average molecular weight is 389 g/mol. The Bertz CT molecular complexity index is 933. The van der Waals surface area contributed by atoms with Gasteiger partial charge in [0, 0.05) is 0 Å². The van der Waals surface area contributed by atoms with E-state index in [-0.39, 0.29) is 5.04 Å². The summed E-state index contributed by atoms with van der Waals surface area (Å²) < 4.78 is 0. The summed E-state index contributed by atoms with van der Waals surface area (Å²) in [6.07, 6.45) is 0. The van der Waals surface area contributed by atoms with Crippen LogP contribution in [0.15, 0.2) is 70.4 Å². The summed E-state index contributed by atoms with van der Waals surface area (Å²) in [6, 6.07) is 18.7. The van der Waals surface area contributed by atoms with Crippen LogP contribution in [0.5, 0.6) is 0 Å². The molecule has 1 aliphatic carbocycles. The second-order valence-electron chi connectivity index (χ2n) is 9.81. The van der Waals surface area contributed by atoms with E-state index in [1.165, 1.54) is 27.5 Å². The molecule has 0 spiro atoms. The molecule has 0 aliphatic heterocycles. The maximum Gasteiger partial charge on any atom is 0.150 e. The van der Waals surface area contributed by atoms with E-state index in [4.69, 9.17) is 0 Å². The van der Waals surface area contributed by atoms with Crippen LogP contribution in [0.25, 0.3) is 0 Å². The zero-order chi connectivity index (χ0) is 20.9. The van der Waals surface area contributed by atoms with E-state index in [2.05, 4.69) is 111 Å². The molecule has 0 saturated carbocycles. The van der Waals surface area contributed by atoms with Gasteiger partial charge in [0.1, 0.15) is 8.07 Å². The molecule has 28 heavy (non-hydrogen) atoms. The van der Waals surface area contributed by atoms with Gasteiger partial charge in [-0.3, -0.25) is 0 Å². The van der Waals surface area contributed by atoms with E-state index in [1.807, 2.05) is 0 Å². The summed E-state index contributed by atoms with van der Waals surface area (Å²) in [7, 11) is -2.25. The van der Waals surface area contributed by atoms with Crippen molar-refractivity contribution < 1.29 is 0 Å². The molecule has 1 heteroatoms. The van der Waals surface area contributed by atoms with E-state index >= 15 is 0 Å². The highest BCUT2D eigenvalue weighted by Gasteiger charge is 2.53. The maximum absolute atomic E-state index is 2.48. The standard InChI is InChI=1S/C27H36Si/c1-18-15-19(2)17-25(16-18)28(27(7,8)9,24-13-11-10-12-14-24)26-22(5)20(3)21(4)23(26)6/h10-17,22H,1-9H3. The molecule has 0 N–H and O–H groups in total. The van der Waals surface area contributed by atoms with Crippen LogP contribution < -0.4 is 10.4 Å². The van der Waals surface area contributed by atoms with Crippen molar-refractivity contribution in [3.05, 3.63) is 81.6 Å². The van der Waals surface area contributed by atoms with Crippen LogP contribution in [0, 0.1) is 19.8 Å². The molecule has 0 fully saturated rings. The van der Waals surface area contributed by atoms with E-state index < -0.39 is 8.07 Å². The Morgan fingerprint density at radius 3 is 1.68 bits per heavy atom. The van der Waals surface area contributed by atoms with Crippen LogP contribution >= 0.6 is 0 Å². The van der Waals surface area contributed by atoms with Crippen molar-refractivity contribution in [1.82, 2.24) is 0 Å². The Labute approximate surface area is 173 Å². The SMILES string of the molecule is CC1=C(C)C(C)C([Si](c2ccccc2)(c2cc(C)cc(C)c2)C(C)(C)C)=C1C. The fourth-order valence-corrected chi connectivity index (χ4v) is 12.3. The molecule has 3 rings (SSSR count). The summed E-state index contributed by atoms with van der Waals surface area (Å²) in [5, 5.41) is 4.97. The maximum atomic E-state index is 2.48. The first-order valence-corrected chi connectivity index (χ1v) is 12.5. The third-order valence-electron chi connectivity index (χ3n) is 7.03. The van der Waals surface area contributed by atoms with Crippen molar-refractivity contribution in [2.75, 3.05) is 0 Å². The molecule has 0 radical (unpaired) electrons. The highest BCUT2D eigenvalue weighted by atomic mass is 28.3. The fourth-order valence-electron chi connectivity index (χ4n) is 5.60. The Morgan fingerprint density at radius 2 is 1.25 bits per heavy atom. The van der Waals surface area contributed by atoms with Gasteiger partial charge in [0.25, 0.3) is 0 Å². The van der Waals surface area contributed by atoms with Crippen molar-refractivity contribution in [1.29, 1.82) is 0 Å². The molecule has 0 amide bonds. The van der Waals surface area contributed by atoms with Crippen LogP contribution in [0.3, 0.4) is 0 Å². The predicted molar refractivity (Wildman–Crippen MR) is 127 cm³/mol. The molecule has 2 atom stereocenters. The zero-order valence-corrected chi connectivity index (χ0v) is 20.2. The number of aryl methyl sites for hydroxylation is 2. The first-order chi connectivity index (χ1) is 13.0. The molecule has 0 bridgehead atoms. The molecular formula is C27H36Si. The van der Waals surface area contributed by atoms with Crippen molar-refractivity contribution in [2.24, 2.45) is 5.92 Å². The first kappa shape index (κ1) is 20.9. The Balaban J connectivity index is 2.51. The van der Waals surface area contributed by atoms with E-state index in [0.717, 1.165) is 0 Å². The second-order valence-corrected chi connectivity index (χ2v) is 14.5. The van der Waals surface area contributed by atoms with E-state index in [0.29, 0.717) is 5.92 Å². The number of allylic oxidation sites excluding steroid dienone is 4. The van der Waals surface area contributed by atoms with Gasteiger partial charge in [-0.25, -0.2) is 0 Å². The second kappa shape index (κ2) is 7.19. The highest BCUT2D eigenvalue weighted by Crippen LogP contribution is 2.49. The minimum absolute atomic E-state index is 0.157. The number of hydrogen-bond acceptors (Lipinski definition) is 0. The fraction of sp³-hybridized carbons (Fsp3) is 0.407. The Hall–Kier alpha value is -1.86. The molecule has 0 nitrogen and oxygen atoms in total. The third kappa shape index (κ3) is 3.05. The first-order valence-electron chi connectivity index (χ1n) is 10.5. The van der Waals surface area contributed by atoms with Crippen LogP contribution in [0.2, 0.25) is 5.04 Å². The van der Waals surface area contributed by atoms with Gasteiger partial charge < -0.3 is 0 Å². The van der Waals surface area contributed by atoms with Gasteiger partial charge in [-0.1, -0.05) is 104 Å². The van der Waals surface area contributed by atoms with Crippen molar-refractivity contribution in [2.45, 2.75) is 67.4 Å². The lowest BCUT2D eigenvalue weighted by atomic mass is 10.1. The van der Waals surface area contributed by atoms with E-state index in [9.17, 15) is 0 Å². The summed E-state index contributed by atoms with van der Waals surface area (Å²) in [5.41, 5.74) is 7.34. The lowest BCUT2D eigenvalue weighted by Gasteiger charge is -2.47. The predicted octanol–water partition coefficient (Wildman–Crippen LogP) is 6.51. The molecule has 0 aromatic heterocycles. The minimum Gasteiger partial charge on any atom is -0.0636 e. The van der Waals surface area contributed by atoms with Gasteiger partial charge in [-0.15, -0.1) is 0 Å². The number of benzene rings is 2. The van der Waals surface area contributed by atoms with Crippen LogP contribution in [-0.4, -0.2) is 8.07 Å². The van der Waals surface area contributed by atoms with Gasteiger partial charge in [0.05, 0.1) is 0 Å². The van der Waals surface area contributed by atoms with Crippen molar-refractivity contribution in [3.8, 4) is 0 Å². The monoisotopic (exact) mass is 388 g/mol. The van der Waals surface area contributed by atoms with E-state index in [1.54, 1.807) is 16.0 Å². The normalized spacial score (nSPS) is 20.0. The molecule has 2 unspecified atom stereocenters. The van der Waals surface area contributed by atoms with Crippen molar-refractivity contribution in [3.63, 3.8) is 0 Å². The largest absolute Gasteiger partial charge is 0.150 e. The lowest BCUT2D eigenvalue weighted by Crippen LogP contribution is -2.67. The third-order valence-corrected chi connectivity index (χ3v) is 13.3. The summed E-state index contributed by atoms with van der Waals surface area (Å²) in [5.74, 6) is 0.506. The molecule has 0 heterocycles. The molecule has 148 valence electrons. The molecule has 0 saturated heterocycles. The number of hydrogen-bond donors (Lipinski definition) is 0. The van der Waals surface area contributed by atoms with Gasteiger partial charge in [0.2, 0.25) is 0 Å². The Kier molecular flexibility index (Phi) is 5.36.